The molecule has 3 atom stereocenters. The van der Waals surface area contributed by atoms with Gasteiger partial charge in [-0.05, 0) is 71.5 Å². The molecule has 0 N–H and O–H groups in total. The molecule has 44 heavy (non-hydrogen) atoms. The SMILES string of the molecule is COc1cc(F)c(C(C)[14CH3])cc1-c1ccc(C(F)(F)F)cc1CN1C(=O)O[C@H](c2cc(C(F)(F)F)cc(C(F)(F)F)c2)[C@@H]1C. The van der Waals surface area contributed by atoms with Crippen molar-refractivity contribution in [3.8, 4) is 16.9 Å². The van der Waals surface area contributed by atoms with Gasteiger partial charge in [-0.15, -0.1) is 0 Å². The zero-order valence-electron chi connectivity index (χ0n) is 23.5. The van der Waals surface area contributed by atoms with E-state index in [0.29, 0.717) is 12.1 Å². The summed E-state index contributed by atoms with van der Waals surface area (Å²) in [5, 5.41) is 0. The first-order valence-electron chi connectivity index (χ1n) is 13.1. The topological polar surface area (TPSA) is 38.8 Å². The van der Waals surface area contributed by atoms with Gasteiger partial charge in [-0.1, -0.05) is 19.9 Å². The molecule has 0 spiro atoms. The number of ether oxygens (including phenoxy) is 2. The van der Waals surface area contributed by atoms with Crippen molar-refractivity contribution < 1.29 is 58.2 Å². The Hall–Kier alpha value is -3.97. The van der Waals surface area contributed by atoms with Crippen LogP contribution in [0.25, 0.3) is 11.1 Å². The van der Waals surface area contributed by atoms with Crippen LogP contribution < -0.4 is 4.74 Å². The molecule has 0 bridgehead atoms. The van der Waals surface area contributed by atoms with E-state index in [1.807, 2.05) is 0 Å². The van der Waals surface area contributed by atoms with Crippen molar-refractivity contribution in [3.63, 3.8) is 0 Å². The Morgan fingerprint density at radius 2 is 1.43 bits per heavy atom. The second-order valence-electron chi connectivity index (χ2n) is 10.6. The highest BCUT2D eigenvalue weighted by Gasteiger charge is 2.44. The standard InChI is InChI=1S/C30H25F10NO3/c1-14(2)22-11-23(25(43-4)12-24(22)31)21-6-5-18(28(32,33)34)9-17(21)13-41-15(3)26(44-27(41)42)16-7-19(29(35,36)37)10-20(8-16)30(38,39)40/h5-12,14-15,26H,13H2,1-4H3/t15-,26-/m0/s1/i1+2/t14?,15-,26-. The maximum atomic E-state index is 14.7. The number of benzene rings is 3. The average molecular weight is 640 g/mol. The summed E-state index contributed by atoms with van der Waals surface area (Å²) in [5.41, 5.74) is -4.48. The monoisotopic (exact) mass is 639 g/mol. The first-order chi connectivity index (χ1) is 20.2. The lowest BCUT2D eigenvalue weighted by molar-refractivity contribution is -0.143. The highest BCUT2D eigenvalue weighted by atomic mass is 19.4. The highest BCUT2D eigenvalue weighted by molar-refractivity contribution is 5.76. The van der Waals surface area contributed by atoms with Gasteiger partial charge in [0.25, 0.3) is 0 Å². The van der Waals surface area contributed by atoms with Crippen molar-refractivity contribution in [1.29, 1.82) is 0 Å². The maximum absolute atomic E-state index is 14.7. The molecule has 4 rings (SSSR count). The second kappa shape index (κ2) is 11.5. The summed E-state index contributed by atoms with van der Waals surface area (Å²) >= 11 is 0. The molecule has 0 aromatic heterocycles. The molecule has 1 heterocycles. The van der Waals surface area contributed by atoms with Crippen molar-refractivity contribution in [2.24, 2.45) is 0 Å². The van der Waals surface area contributed by atoms with Crippen molar-refractivity contribution in [1.82, 2.24) is 4.90 Å². The molecule has 1 aliphatic rings. The van der Waals surface area contributed by atoms with Crippen molar-refractivity contribution in [2.45, 2.75) is 63.9 Å². The van der Waals surface area contributed by atoms with Crippen LogP contribution in [0.2, 0.25) is 0 Å². The first kappa shape index (κ1) is 32.9. The van der Waals surface area contributed by atoms with Crippen LogP contribution in [0.1, 0.15) is 66.2 Å². The number of carbonyl (C=O) groups is 1. The van der Waals surface area contributed by atoms with Gasteiger partial charge < -0.3 is 9.47 Å². The molecule has 0 aliphatic carbocycles. The van der Waals surface area contributed by atoms with Gasteiger partial charge in [0, 0.05) is 11.6 Å². The van der Waals surface area contributed by atoms with Crippen LogP contribution in [0.15, 0.2) is 48.5 Å². The van der Waals surface area contributed by atoms with Gasteiger partial charge in [0.1, 0.15) is 17.7 Å². The van der Waals surface area contributed by atoms with E-state index in [9.17, 15) is 48.7 Å². The van der Waals surface area contributed by atoms with Crippen LogP contribution in [0.4, 0.5) is 48.7 Å². The Kier molecular flexibility index (Phi) is 8.62. The number of carbonyl (C=O) groups excluding carboxylic acids is 1. The quantitative estimate of drug-likeness (QED) is 0.252. The summed E-state index contributed by atoms with van der Waals surface area (Å²) in [5.74, 6) is -0.972. The Bertz CT molecular complexity index is 1530. The number of hydrogen-bond donors (Lipinski definition) is 0. The van der Waals surface area contributed by atoms with Gasteiger partial charge in [-0.3, -0.25) is 4.90 Å². The summed E-state index contributed by atoms with van der Waals surface area (Å²) in [4.78, 5) is 13.8. The van der Waals surface area contributed by atoms with Gasteiger partial charge in [-0.2, -0.15) is 39.5 Å². The van der Waals surface area contributed by atoms with Crippen LogP contribution in [0, 0.1) is 5.82 Å². The Labute approximate surface area is 245 Å². The molecular weight excluding hydrogens is 614 g/mol. The normalized spacial score (nSPS) is 18.4. The molecule has 1 saturated heterocycles. The molecule has 238 valence electrons. The molecule has 14 heteroatoms. The van der Waals surface area contributed by atoms with E-state index in [1.54, 1.807) is 13.8 Å². The lowest BCUT2D eigenvalue weighted by atomic mass is 9.93. The lowest BCUT2D eigenvalue weighted by Gasteiger charge is -2.24. The van der Waals surface area contributed by atoms with E-state index >= 15 is 0 Å². The van der Waals surface area contributed by atoms with Crippen molar-refractivity contribution >= 4 is 6.09 Å². The minimum atomic E-state index is -5.16. The summed E-state index contributed by atoms with van der Waals surface area (Å²) in [6, 6.07) is 4.71. The van der Waals surface area contributed by atoms with Gasteiger partial charge in [0.2, 0.25) is 0 Å². The van der Waals surface area contributed by atoms with E-state index in [1.165, 1.54) is 20.1 Å². The predicted molar refractivity (Wildman–Crippen MR) is 138 cm³/mol. The molecule has 0 saturated carbocycles. The second-order valence-corrected chi connectivity index (χ2v) is 10.6. The third-order valence-corrected chi connectivity index (χ3v) is 7.33. The summed E-state index contributed by atoms with van der Waals surface area (Å²) in [6.45, 7) is 4.09. The molecule has 1 fully saturated rings. The van der Waals surface area contributed by atoms with Crippen LogP contribution >= 0.6 is 0 Å². The van der Waals surface area contributed by atoms with Gasteiger partial charge >= 0.3 is 24.6 Å². The van der Waals surface area contributed by atoms with E-state index in [4.69, 9.17) is 9.47 Å². The fourth-order valence-corrected chi connectivity index (χ4v) is 5.04. The number of rotatable bonds is 6. The van der Waals surface area contributed by atoms with E-state index in [-0.39, 0.29) is 40.0 Å². The molecule has 0 radical (unpaired) electrons. The smallest absolute Gasteiger partial charge is 0.416 e. The third-order valence-electron chi connectivity index (χ3n) is 7.33. The number of methoxy groups -OCH3 is 1. The minimum Gasteiger partial charge on any atom is -0.496 e. The van der Waals surface area contributed by atoms with Crippen LogP contribution in [-0.4, -0.2) is 24.1 Å². The van der Waals surface area contributed by atoms with Gasteiger partial charge in [0.15, 0.2) is 0 Å². The van der Waals surface area contributed by atoms with Gasteiger partial charge in [-0.25, -0.2) is 9.18 Å². The lowest BCUT2D eigenvalue weighted by Crippen LogP contribution is -2.32. The Balaban J connectivity index is 1.81. The van der Waals surface area contributed by atoms with Crippen LogP contribution in [-0.2, 0) is 29.8 Å². The van der Waals surface area contributed by atoms with E-state index < -0.39 is 71.4 Å². The number of hydrogen-bond acceptors (Lipinski definition) is 3. The molecule has 1 unspecified atom stereocenters. The van der Waals surface area contributed by atoms with Crippen LogP contribution in [0.5, 0.6) is 5.75 Å². The van der Waals surface area contributed by atoms with Crippen LogP contribution in [0.3, 0.4) is 0 Å². The van der Waals surface area contributed by atoms with Crippen molar-refractivity contribution in [2.75, 3.05) is 7.11 Å². The molecule has 4 nitrogen and oxygen atoms in total. The third kappa shape index (κ3) is 6.58. The number of alkyl halides is 9. The Morgan fingerprint density at radius 3 is 1.93 bits per heavy atom. The highest BCUT2D eigenvalue weighted by Crippen LogP contribution is 2.43. The minimum absolute atomic E-state index is 0.0218. The number of amides is 1. The maximum Gasteiger partial charge on any atom is 0.416 e. The molecular formula is C30H25F10NO3. The fourth-order valence-electron chi connectivity index (χ4n) is 5.04. The summed E-state index contributed by atoms with van der Waals surface area (Å²) in [6.07, 6.45) is -17.9. The molecule has 1 aliphatic heterocycles. The van der Waals surface area contributed by atoms with Gasteiger partial charge in [0.05, 0.1) is 36.4 Å². The fraction of sp³-hybridized carbons (Fsp3) is 0.367. The van der Waals surface area contributed by atoms with E-state index in [2.05, 4.69) is 0 Å². The summed E-state index contributed by atoms with van der Waals surface area (Å²) in [7, 11) is 1.23. The summed E-state index contributed by atoms with van der Waals surface area (Å²) < 4.78 is 147. The van der Waals surface area contributed by atoms with E-state index in [0.717, 1.165) is 29.2 Å². The number of halogens is 10. The Morgan fingerprint density at radius 1 is 0.864 bits per heavy atom. The zero-order valence-corrected chi connectivity index (χ0v) is 23.5. The average Bonchev–Trinajstić information content (AvgIpc) is 3.19. The van der Waals surface area contributed by atoms with Crippen molar-refractivity contribution in [3.05, 3.63) is 87.7 Å². The predicted octanol–water partition coefficient (Wildman–Crippen LogP) is 9.76. The number of nitrogens with zero attached hydrogens (tertiary/aromatic N) is 1. The first-order valence-corrected chi connectivity index (χ1v) is 13.1. The largest absolute Gasteiger partial charge is 0.496 e. The zero-order chi connectivity index (χ0) is 32.9. The molecule has 3 aromatic rings. The number of cyclic esters (lactones) is 1. The molecule has 3 aromatic carbocycles. The molecule has 1 amide bonds.